The van der Waals surface area contributed by atoms with E-state index in [-0.39, 0.29) is 22.8 Å². The molecule has 0 saturated carbocycles. The van der Waals surface area contributed by atoms with Gasteiger partial charge in [0.15, 0.2) is 0 Å². The third-order valence-electron chi connectivity index (χ3n) is 2.40. The SMILES string of the molecule is CS(=O)(=O)N(CCC(=O)O)c1ccc(Cl)c(C(=O)O)c1. The molecule has 0 amide bonds. The lowest BCUT2D eigenvalue weighted by Crippen LogP contribution is -2.32. The molecule has 0 aliphatic carbocycles. The summed E-state index contributed by atoms with van der Waals surface area (Å²) in [5.41, 5.74) is -0.205. The Morgan fingerprint density at radius 3 is 2.35 bits per heavy atom. The number of aromatic carboxylic acids is 1. The first-order valence-corrected chi connectivity index (χ1v) is 7.58. The first-order chi connectivity index (χ1) is 9.12. The van der Waals surface area contributed by atoms with Crippen LogP contribution in [0.15, 0.2) is 18.2 Å². The molecule has 0 unspecified atom stereocenters. The Morgan fingerprint density at radius 1 is 1.30 bits per heavy atom. The molecule has 0 heterocycles. The van der Waals surface area contributed by atoms with Crippen LogP contribution in [0.3, 0.4) is 0 Å². The molecule has 9 heteroatoms. The van der Waals surface area contributed by atoms with E-state index < -0.39 is 28.4 Å². The van der Waals surface area contributed by atoms with Crippen LogP contribution in [0.5, 0.6) is 0 Å². The number of carboxylic acid groups (broad SMARTS) is 2. The average Bonchev–Trinajstić information content (AvgIpc) is 2.28. The number of anilines is 1. The molecule has 1 aromatic carbocycles. The molecule has 0 radical (unpaired) electrons. The number of carboxylic acids is 2. The van der Waals surface area contributed by atoms with Crippen molar-refractivity contribution in [3.63, 3.8) is 0 Å². The Labute approximate surface area is 120 Å². The monoisotopic (exact) mass is 321 g/mol. The summed E-state index contributed by atoms with van der Waals surface area (Å²) >= 11 is 5.69. The molecule has 1 rings (SSSR count). The topological polar surface area (TPSA) is 112 Å². The molecule has 0 saturated heterocycles. The van der Waals surface area contributed by atoms with Gasteiger partial charge in [0.1, 0.15) is 0 Å². The van der Waals surface area contributed by atoms with Crippen molar-refractivity contribution in [2.24, 2.45) is 0 Å². The highest BCUT2D eigenvalue weighted by Gasteiger charge is 2.20. The average molecular weight is 322 g/mol. The summed E-state index contributed by atoms with van der Waals surface area (Å²) < 4.78 is 24.1. The molecular formula is C11H12ClNO6S. The predicted molar refractivity (Wildman–Crippen MR) is 72.9 cm³/mol. The maximum absolute atomic E-state index is 11.7. The first kappa shape index (κ1) is 16.3. The Kier molecular flexibility index (Phi) is 4.96. The van der Waals surface area contributed by atoms with Gasteiger partial charge in [0.2, 0.25) is 10.0 Å². The molecule has 0 spiro atoms. The van der Waals surface area contributed by atoms with Gasteiger partial charge in [-0.1, -0.05) is 11.6 Å². The minimum atomic E-state index is -3.73. The van der Waals surface area contributed by atoms with Gasteiger partial charge in [-0.25, -0.2) is 13.2 Å². The van der Waals surface area contributed by atoms with Gasteiger partial charge in [0.05, 0.1) is 29.0 Å². The summed E-state index contributed by atoms with van der Waals surface area (Å²) in [5, 5.41) is 17.5. The lowest BCUT2D eigenvalue weighted by molar-refractivity contribution is -0.136. The molecule has 20 heavy (non-hydrogen) atoms. The third kappa shape index (κ3) is 4.10. The van der Waals surface area contributed by atoms with E-state index in [2.05, 4.69) is 0 Å². The van der Waals surface area contributed by atoms with Gasteiger partial charge in [-0.3, -0.25) is 9.10 Å². The van der Waals surface area contributed by atoms with E-state index in [1.165, 1.54) is 12.1 Å². The van der Waals surface area contributed by atoms with E-state index in [0.717, 1.165) is 16.6 Å². The summed E-state index contributed by atoms with van der Waals surface area (Å²) in [7, 11) is -3.73. The largest absolute Gasteiger partial charge is 0.481 e. The number of rotatable bonds is 6. The fraction of sp³-hybridized carbons (Fsp3) is 0.273. The second-order valence-corrected chi connectivity index (χ2v) is 6.26. The predicted octanol–water partition coefficient (Wildman–Crippen LogP) is 1.28. The number of sulfonamides is 1. The molecule has 0 aromatic heterocycles. The molecule has 0 aliphatic rings. The van der Waals surface area contributed by atoms with Crippen molar-refractivity contribution < 1.29 is 28.2 Å². The van der Waals surface area contributed by atoms with Crippen molar-refractivity contribution in [2.75, 3.05) is 17.1 Å². The molecule has 0 atom stereocenters. The number of hydrogen-bond acceptors (Lipinski definition) is 4. The van der Waals surface area contributed by atoms with E-state index in [0.29, 0.717) is 0 Å². The molecule has 0 fully saturated rings. The summed E-state index contributed by atoms with van der Waals surface area (Å²) in [6, 6.07) is 3.66. The molecule has 0 bridgehead atoms. The highest BCUT2D eigenvalue weighted by Crippen LogP contribution is 2.25. The summed E-state index contributed by atoms with van der Waals surface area (Å²) in [4.78, 5) is 21.5. The zero-order valence-electron chi connectivity index (χ0n) is 10.4. The summed E-state index contributed by atoms with van der Waals surface area (Å²) in [6.07, 6.45) is 0.502. The lowest BCUT2D eigenvalue weighted by Gasteiger charge is -2.22. The van der Waals surface area contributed by atoms with Gasteiger partial charge in [0, 0.05) is 6.54 Å². The Hall–Kier alpha value is -1.80. The zero-order valence-corrected chi connectivity index (χ0v) is 12.0. The van der Waals surface area contributed by atoms with Crippen molar-refractivity contribution >= 4 is 39.3 Å². The molecule has 1 aromatic rings. The van der Waals surface area contributed by atoms with Gasteiger partial charge in [-0.2, -0.15) is 0 Å². The van der Waals surface area contributed by atoms with Crippen LogP contribution in [0.4, 0.5) is 5.69 Å². The third-order valence-corrected chi connectivity index (χ3v) is 3.92. The van der Waals surface area contributed by atoms with Crippen LogP contribution in [-0.4, -0.2) is 43.4 Å². The van der Waals surface area contributed by atoms with Crippen LogP contribution in [0.1, 0.15) is 16.8 Å². The fourth-order valence-electron chi connectivity index (χ4n) is 1.52. The second kappa shape index (κ2) is 6.10. The van der Waals surface area contributed by atoms with E-state index in [1.807, 2.05) is 0 Å². The van der Waals surface area contributed by atoms with Gasteiger partial charge in [0.25, 0.3) is 0 Å². The van der Waals surface area contributed by atoms with E-state index >= 15 is 0 Å². The number of hydrogen-bond donors (Lipinski definition) is 2. The number of benzene rings is 1. The highest BCUT2D eigenvalue weighted by atomic mass is 35.5. The first-order valence-electron chi connectivity index (χ1n) is 5.35. The fourth-order valence-corrected chi connectivity index (χ4v) is 2.63. The van der Waals surface area contributed by atoms with E-state index in [1.54, 1.807) is 0 Å². The van der Waals surface area contributed by atoms with Gasteiger partial charge < -0.3 is 10.2 Å². The van der Waals surface area contributed by atoms with Gasteiger partial charge >= 0.3 is 11.9 Å². The number of nitrogens with zero attached hydrogens (tertiary/aromatic N) is 1. The Morgan fingerprint density at radius 2 is 1.90 bits per heavy atom. The number of carbonyl (C=O) groups is 2. The van der Waals surface area contributed by atoms with Crippen molar-refractivity contribution in [2.45, 2.75) is 6.42 Å². The smallest absolute Gasteiger partial charge is 0.337 e. The quantitative estimate of drug-likeness (QED) is 0.816. The Bertz CT molecular complexity index is 642. The van der Waals surface area contributed by atoms with Gasteiger partial charge in [-0.05, 0) is 18.2 Å². The van der Waals surface area contributed by atoms with Crippen molar-refractivity contribution in [1.29, 1.82) is 0 Å². The molecule has 0 aliphatic heterocycles. The van der Waals surface area contributed by atoms with Crippen molar-refractivity contribution in [3.8, 4) is 0 Å². The van der Waals surface area contributed by atoms with Crippen LogP contribution in [0, 0.1) is 0 Å². The van der Waals surface area contributed by atoms with Crippen molar-refractivity contribution in [3.05, 3.63) is 28.8 Å². The van der Waals surface area contributed by atoms with E-state index in [4.69, 9.17) is 21.8 Å². The molecule has 2 N–H and O–H groups in total. The lowest BCUT2D eigenvalue weighted by atomic mass is 10.2. The van der Waals surface area contributed by atoms with Crippen LogP contribution in [0.25, 0.3) is 0 Å². The zero-order chi connectivity index (χ0) is 15.5. The summed E-state index contributed by atoms with van der Waals surface area (Å²) in [5.74, 6) is -2.46. The molecule has 110 valence electrons. The Balaban J connectivity index is 3.24. The normalized spacial score (nSPS) is 11.1. The molecular weight excluding hydrogens is 310 g/mol. The second-order valence-electron chi connectivity index (χ2n) is 3.95. The van der Waals surface area contributed by atoms with Crippen LogP contribution >= 0.6 is 11.6 Å². The van der Waals surface area contributed by atoms with Crippen LogP contribution < -0.4 is 4.31 Å². The number of halogens is 1. The van der Waals surface area contributed by atoms with Crippen LogP contribution in [-0.2, 0) is 14.8 Å². The maximum atomic E-state index is 11.7. The summed E-state index contributed by atoms with van der Waals surface area (Å²) in [6.45, 7) is -0.297. The maximum Gasteiger partial charge on any atom is 0.337 e. The van der Waals surface area contributed by atoms with Crippen LogP contribution in [0.2, 0.25) is 5.02 Å². The highest BCUT2D eigenvalue weighted by molar-refractivity contribution is 7.92. The van der Waals surface area contributed by atoms with E-state index in [9.17, 15) is 18.0 Å². The molecule has 7 nitrogen and oxygen atoms in total. The van der Waals surface area contributed by atoms with Crippen molar-refractivity contribution in [1.82, 2.24) is 0 Å². The number of aliphatic carboxylic acids is 1. The minimum absolute atomic E-state index is 0.0343. The minimum Gasteiger partial charge on any atom is -0.481 e. The standard InChI is InChI=1S/C11H12ClNO6S/c1-20(18,19)13(5-4-10(14)15)7-2-3-9(12)8(6-7)11(16)17/h2-3,6H,4-5H2,1H3,(H,14,15)(H,16,17). The van der Waals surface area contributed by atoms with Gasteiger partial charge in [-0.15, -0.1) is 0 Å².